The summed E-state index contributed by atoms with van der Waals surface area (Å²) in [5, 5.41) is 0. The number of imidazole rings is 1. The minimum absolute atomic E-state index is 0.00649. The Bertz CT molecular complexity index is 390. The molecule has 0 aliphatic rings. The molecular formula is C17H37N2O4Si2+. The molecular weight excluding hydrogens is 352 g/mol. The number of aromatic nitrogens is 2. The topological polar surface area (TPSA) is 45.7 Å². The minimum atomic E-state index is -0.0835. The van der Waals surface area contributed by atoms with Gasteiger partial charge in [0.25, 0.3) is 0 Å². The molecule has 0 fully saturated rings. The van der Waals surface area contributed by atoms with Gasteiger partial charge in [-0.2, -0.15) is 0 Å². The van der Waals surface area contributed by atoms with Crippen molar-refractivity contribution in [3.63, 3.8) is 0 Å². The number of ether oxygens (including phenoxy) is 4. The molecule has 8 heteroatoms. The van der Waals surface area contributed by atoms with Gasteiger partial charge in [0.05, 0.1) is 13.1 Å². The number of hydrogen-bond donors (Lipinski definition) is 0. The quantitative estimate of drug-likeness (QED) is 0.182. The SMILES string of the molecule is COC(C[SiH2]CCCn1cc[n+](CCC[SiH2]CC(OC)OC)c1)OC. The van der Waals surface area contributed by atoms with Crippen LogP contribution in [0.4, 0.5) is 0 Å². The van der Waals surface area contributed by atoms with E-state index in [4.69, 9.17) is 18.9 Å². The van der Waals surface area contributed by atoms with Crippen LogP contribution in [0.2, 0.25) is 24.2 Å². The molecule has 1 aromatic rings. The summed E-state index contributed by atoms with van der Waals surface area (Å²) < 4.78 is 25.6. The van der Waals surface area contributed by atoms with Crippen molar-refractivity contribution in [3.05, 3.63) is 18.7 Å². The van der Waals surface area contributed by atoms with E-state index in [1.165, 1.54) is 24.9 Å². The molecule has 0 amide bonds. The lowest BCUT2D eigenvalue weighted by atomic mass is 10.5. The van der Waals surface area contributed by atoms with Crippen LogP contribution in [0.1, 0.15) is 12.8 Å². The largest absolute Gasteiger partial charge is 0.356 e. The second-order valence-corrected chi connectivity index (χ2v) is 10.4. The Hall–Kier alpha value is -0.516. The molecule has 0 aliphatic heterocycles. The van der Waals surface area contributed by atoms with E-state index in [0.29, 0.717) is 0 Å². The van der Waals surface area contributed by atoms with Crippen molar-refractivity contribution in [3.8, 4) is 0 Å². The monoisotopic (exact) mass is 389 g/mol. The fraction of sp³-hybridized carbons (Fsp3) is 0.824. The van der Waals surface area contributed by atoms with Gasteiger partial charge in [0.15, 0.2) is 12.6 Å². The first-order valence-electron chi connectivity index (χ1n) is 9.39. The maximum Gasteiger partial charge on any atom is 0.243 e. The third-order valence-corrected chi connectivity index (χ3v) is 8.27. The van der Waals surface area contributed by atoms with Gasteiger partial charge >= 0.3 is 0 Å². The highest BCUT2D eigenvalue weighted by atomic mass is 28.2. The highest BCUT2D eigenvalue weighted by Gasteiger charge is 2.07. The molecule has 0 aromatic carbocycles. The van der Waals surface area contributed by atoms with Crippen LogP contribution in [0.3, 0.4) is 0 Å². The number of methoxy groups -OCH3 is 4. The second kappa shape index (κ2) is 14.6. The van der Waals surface area contributed by atoms with Gasteiger partial charge in [-0.05, 0) is 24.9 Å². The summed E-state index contributed by atoms with van der Waals surface area (Å²) in [5.74, 6) is 0. The molecule has 1 aromatic heterocycles. The highest BCUT2D eigenvalue weighted by molar-refractivity contribution is 6.35. The van der Waals surface area contributed by atoms with E-state index < -0.39 is 0 Å². The standard InChI is InChI=1S/C17H37N2O4Si2/c1-20-16(21-2)13-24-11-5-7-18-9-10-19(15-18)8-6-12-25-14-17(22-3)23-4/h9-10,15-17H,5-8,11-14,24-25H2,1-4H3/q+1. The average molecular weight is 390 g/mol. The fourth-order valence-corrected chi connectivity index (χ4v) is 6.27. The van der Waals surface area contributed by atoms with Crippen molar-refractivity contribution in [2.75, 3.05) is 28.4 Å². The molecule has 0 bridgehead atoms. The fourth-order valence-electron chi connectivity index (χ4n) is 2.93. The first kappa shape index (κ1) is 22.5. The first-order valence-corrected chi connectivity index (χ1v) is 13.4. The van der Waals surface area contributed by atoms with E-state index in [9.17, 15) is 0 Å². The van der Waals surface area contributed by atoms with Gasteiger partial charge in [0.2, 0.25) is 6.33 Å². The predicted molar refractivity (Wildman–Crippen MR) is 106 cm³/mol. The van der Waals surface area contributed by atoms with E-state index in [1.54, 1.807) is 28.4 Å². The van der Waals surface area contributed by atoms with Gasteiger partial charge in [-0.25, -0.2) is 9.13 Å². The van der Waals surface area contributed by atoms with Crippen molar-refractivity contribution in [2.45, 2.75) is 62.7 Å². The summed E-state index contributed by atoms with van der Waals surface area (Å²) in [7, 11) is 6.71. The Labute approximate surface area is 157 Å². The van der Waals surface area contributed by atoms with Gasteiger partial charge < -0.3 is 18.9 Å². The van der Waals surface area contributed by atoms with Crippen LogP contribution in [-0.4, -0.2) is 64.6 Å². The summed E-state index contributed by atoms with van der Waals surface area (Å²) in [6, 6.07) is 4.89. The number of hydrogen-bond acceptors (Lipinski definition) is 4. The normalized spacial score (nSPS) is 12.7. The van der Waals surface area contributed by atoms with Crippen molar-refractivity contribution >= 4 is 19.0 Å². The van der Waals surface area contributed by atoms with Gasteiger partial charge in [0.1, 0.15) is 12.4 Å². The summed E-state index contributed by atoms with van der Waals surface area (Å²) in [6.07, 6.45) is 9.14. The van der Waals surface area contributed by atoms with E-state index in [2.05, 4.69) is 27.9 Å². The van der Waals surface area contributed by atoms with Crippen LogP contribution >= 0.6 is 0 Å². The Balaban J connectivity index is 2.07. The summed E-state index contributed by atoms with van der Waals surface area (Å²) >= 11 is 0. The lowest BCUT2D eigenvalue weighted by Crippen LogP contribution is -2.31. The van der Waals surface area contributed by atoms with Crippen molar-refractivity contribution in [1.82, 2.24) is 4.57 Å². The lowest BCUT2D eigenvalue weighted by molar-refractivity contribution is -0.696. The van der Waals surface area contributed by atoms with Crippen LogP contribution in [0.25, 0.3) is 0 Å². The van der Waals surface area contributed by atoms with Crippen molar-refractivity contribution in [2.24, 2.45) is 0 Å². The van der Waals surface area contributed by atoms with Crippen LogP contribution in [0.15, 0.2) is 18.7 Å². The third-order valence-electron chi connectivity index (χ3n) is 4.51. The number of nitrogens with zero attached hydrogens (tertiary/aromatic N) is 2. The average Bonchev–Trinajstić information content (AvgIpc) is 3.09. The van der Waals surface area contributed by atoms with Crippen LogP contribution in [0, 0.1) is 0 Å². The van der Waals surface area contributed by atoms with Crippen LogP contribution in [0.5, 0.6) is 0 Å². The van der Waals surface area contributed by atoms with E-state index >= 15 is 0 Å². The van der Waals surface area contributed by atoms with E-state index in [1.807, 2.05) is 0 Å². The van der Waals surface area contributed by atoms with Gasteiger partial charge in [-0.1, -0.05) is 12.1 Å². The van der Waals surface area contributed by atoms with Gasteiger partial charge in [-0.3, -0.25) is 0 Å². The van der Waals surface area contributed by atoms with Gasteiger partial charge in [-0.15, -0.1) is 0 Å². The maximum absolute atomic E-state index is 5.24. The number of aryl methyl sites for hydroxylation is 2. The molecule has 1 rings (SSSR count). The maximum atomic E-state index is 5.24. The minimum Gasteiger partial charge on any atom is -0.356 e. The summed E-state index contributed by atoms with van der Waals surface area (Å²) in [5.41, 5.74) is 0. The molecule has 0 unspecified atom stereocenters. The Morgan fingerprint density at radius 1 is 0.880 bits per heavy atom. The zero-order valence-corrected chi connectivity index (χ0v) is 19.3. The van der Waals surface area contributed by atoms with Crippen molar-refractivity contribution in [1.29, 1.82) is 0 Å². The van der Waals surface area contributed by atoms with Crippen LogP contribution in [-0.2, 0) is 32.0 Å². The molecule has 25 heavy (non-hydrogen) atoms. The van der Waals surface area contributed by atoms with Crippen molar-refractivity contribution < 1.29 is 23.5 Å². The molecule has 0 saturated heterocycles. The molecule has 1 heterocycles. The summed E-state index contributed by atoms with van der Waals surface area (Å²) in [4.78, 5) is 0. The van der Waals surface area contributed by atoms with E-state index in [-0.39, 0.29) is 31.6 Å². The zero-order chi connectivity index (χ0) is 18.3. The molecule has 0 N–H and O–H groups in total. The molecule has 146 valence electrons. The number of rotatable bonds is 16. The molecule has 0 radical (unpaired) electrons. The molecule has 0 atom stereocenters. The lowest BCUT2D eigenvalue weighted by Gasteiger charge is -2.12. The molecule has 0 aliphatic carbocycles. The molecule has 0 saturated carbocycles. The summed E-state index contributed by atoms with van der Waals surface area (Å²) in [6.45, 7) is 2.23. The van der Waals surface area contributed by atoms with E-state index in [0.717, 1.165) is 25.2 Å². The Kier molecular flexibility index (Phi) is 13.2. The van der Waals surface area contributed by atoms with Crippen LogP contribution < -0.4 is 4.57 Å². The molecule has 6 nitrogen and oxygen atoms in total. The first-order chi connectivity index (χ1) is 12.2. The smallest absolute Gasteiger partial charge is 0.243 e. The third kappa shape index (κ3) is 10.3. The second-order valence-electron chi connectivity index (χ2n) is 6.39. The predicted octanol–water partition coefficient (Wildman–Crippen LogP) is 0.804. The molecule has 0 spiro atoms. The highest BCUT2D eigenvalue weighted by Crippen LogP contribution is 2.03. The Morgan fingerprint density at radius 2 is 1.44 bits per heavy atom. The Morgan fingerprint density at radius 3 is 2.00 bits per heavy atom. The zero-order valence-electron chi connectivity index (χ0n) is 16.5. The van der Waals surface area contributed by atoms with Gasteiger partial charge in [0, 0.05) is 47.5 Å².